The molecule has 3 aromatic rings. The van der Waals surface area contributed by atoms with Crippen molar-refractivity contribution in [1.29, 1.82) is 0 Å². The van der Waals surface area contributed by atoms with Gasteiger partial charge in [-0.3, -0.25) is 9.36 Å². The molecular formula is C19H14BrN3O3. The van der Waals surface area contributed by atoms with Gasteiger partial charge in [0.15, 0.2) is 11.8 Å². The number of hydrogen-bond acceptors (Lipinski definition) is 4. The number of azo groups is 1. The number of amides is 1. The van der Waals surface area contributed by atoms with E-state index in [2.05, 4.69) is 32.1 Å². The molecular weight excluding hydrogens is 398 g/mol. The fourth-order valence-electron chi connectivity index (χ4n) is 2.58. The summed E-state index contributed by atoms with van der Waals surface area (Å²) in [5, 5.41) is 28.5. The number of carbonyl (C=O) groups excluding carboxylic acids is 1. The zero-order chi connectivity index (χ0) is 18.7. The lowest BCUT2D eigenvalue weighted by Crippen LogP contribution is -2.08. The van der Waals surface area contributed by atoms with Crippen molar-refractivity contribution < 1.29 is 15.0 Å². The minimum absolute atomic E-state index is 0.116. The van der Waals surface area contributed by atoms with Crippen molar-refractivity contribution >= 4 is 38.4 Å². The molecule has 0 fully saturated rings. The molecule has 0 spiro atoms. The lowest BCUT2D eigenvalue weighted by molar-refractivity contribution is -0.126. The van der Waals surface area contributed by atoms with Crippen LogP contribution in [0.2, 0.25) is 0 Å². The average Bonchev–Trinajstić information content (AvgIpc) is 2.91. The first-order chi connectivity index (χ1) is 12.5. The Morgan fingerprint density at radius 1 is 1.27 bits per heavy atom. The number of halogens is 1. The summed E-state index contributed by atoms with van der Waals surface area (Å²) in [5.41, 5.74) is 1.19. The van der Waals surface area contributed by atoms with Gasteiger partial charge in [0, 0.05) is 9.86 Å². The summed E-state index contributed by atoms with van der Waals surface area (Å²) >= 11 is 3.36. The maximum atomic E-state index is 12.1. The molecule has 0 radical (unpaired) electrons. The molecule has 7 heteroatoms. The Balaban J connectivity index is 1.99. The second-order valence-corrected chi connectivity index (χ2v) is 6.39. The van der Waals surface area contributed by atoms with Crippen LogP contribution in [0.25, 0.3) is 10.9 Å². The average molecular weight is 412 g/mol. The Morgan fingerprint density at radius 2 is 2.00 bits per heavy atom. The first kappa shape index (κ1) is 17.9. The fourth-order valence-corrected chi connectivity index (χ4v) is 2.94. The summed E-state index contributed by atoms with van der Waals surface area (Å²) in [6, 6.07) is 13.7. The highest BCUT2D eigenvalue weighted by Crippen LogP contribution is 2.40. The Morgan fingerprint density at radius 3 is 2.69 bits per heavy atom. The van der Waals surface area contributed by atoms with Crippen LogP contribution in [0.15, 0.2) is 63.2 Å². The number of aromatic hydroxyl groups is 1. The molecule has 6 nitrogen and oxygen atoms in total. The topological polar surface area (TPSA) is 87.2 Å². The number of nitrogens with zero attached hydrogens (tertiary/aromatic N) is 3. The third-order valence-electron chi connectivity index (χ3n) is 3.82. The molecule has 26 heavy (non-hydrogen) atoms. The van der Waals surface area contributed by atoms with Crippen molar-refractivity contribution in [2.75, 3.05) is 0 Å². The smallest absolute Gasteiger partial charge is 0.297 e. The van der Waals surface area contributed by atoms with Crippen LogP contribution >= 0.6 is 15.9 Å². The van der Waals surface area contributed by atoms with Gasteiger partial charge in [0.1, 0.15) is 0 Å². The molecule has 0 saturated carbocycles. The van der Waals surface area contributed by atoms with Gasteiger partial charge in [-0.2, -0.15) is 0 Å². The zero-order valence-electron chi connectivity index (χ0n) is 13.5. The van der Waals surface area contributed by atoms with E-state index >= 15 is 0 Å². The number of hydrogen-bond donors (Lipinski definition) is 2. The van der Waals surface area contributed by atoms with Crippen molar-refractivity contribution in [1.82, 2.24) is 4.57 Å². The van der Waals surface area contributed by atoms with Crippen molar-refractivity contribution in [3.8, 4) is 18.2 Å². The van der Waals surface area contributed by atoms with Crippen molar-refractivity contribution in [2.24, 2.45) is 10.2 Å². The molecule has 1 amide bonds. The van der Waals surface area contributed by atoms with Crippen molar-refractivity contribution in [3.63, 3.8) is 0 Å². The number of aromatic nitrogens is 1. The first-order valence-corrected chi connectivity index (χ1v) is 8.45. The van der Waals surface area contributed by atoms with Gasteiger partial charge >= 0.3 is 0 Å². The minimum Gasteiger partial charge on any atom is -0.493 e. The Labute approximate surface area is 157 Å². The van der Waals surface area contributed by atoms with Crippen LogP contribution in [0.1, 0.15) is 11.7 Å². The van der Waals surface area contributed by atoms with Gasteiger partial charge in [0.25, 0.3) is 5.91 Å². The van der Waals surface area contributed by atoms with Gasteiger partial charge in [-0.05, 0) is 23.8 Å². The molecule has 2 aromatic carbocycles. The van der Waals surface area contributed by atoms with Crippen LogP contribution in [0.4, 0.5) is 5.69 Å². The lowest BCUT2D eigenvalue weighted by Gasteiger charge is -2.05. The summed E-state index contributed by atoms with van der Waals surface area (Å²) in [6.45, 7) is 0.139. The Bertz CT molecular complexity index is 1040. The molecule has 1 atom stereocenters. The summed E-state index contributed by atoms with van der Waals surface area (Å²) in [5.74, 6) is 1.44. The number of benzene rings is 2. The van der Waals surface area contributed by atoms with E-state index in [0.29, 0.717) is 16.5 Å². The molecule has 0 aliphatic rings. The van der Waals surface area contributed by atoms with Gasteiger partial charge in [0.05, 0.1) is 12.1 Å². The predicted octanol–water partition coefficient (Wildman–Crippen LogP) is 4.09. The van der Waals surface area contributed by atoms with E-state index in [4.69, 9.17) is 6.42 Å². The van der Waals surface area contributed by atoms with Crippen LogP contribution in [0.5, 0.6) is 5.88 Å². The first-order valence-electron chi connectivity index (χ1n) is 7.65. The number of terminal acetylenes is 1. The van der Waals surface area contributed by atoms with E-state index in [9.17, 15) is 15.0 Å². The van der Waals surface area contributed by atoms with E-state index in [1.165, 1.54) is 4.57 Å². The second kappa shape index (κ2) is 7.52. The monoisotopic (exact) mass is 411 g/mol. The SMILES string of the molecule is C#CCn1c(O)c(N=NC(=O)C(O)c2ccccc2)c2cc(Br)ccc21. The molecule has 0 aliphatic heterocycles. The van der Waals surface area contributed by atoms with Crippen LogP contribution in [-0.2, 0) is 11.3 Å². The highest BCUT2D eigenvalue weighted by atomic mass is 79.9. The van der Waals surface area contributed by atoms with Crippen LogP contribution in [0.3, 0.4) is 0 Å². The number of aliphatic hydroxyl groups excluding tert-OH is 1. The van der Waals surface area contributed by atoms with Gasteiger partial charge in [-0.25, -0.2) is 0 Å². The molecule has 130 valence electrons. The highest BCUT2D eigenvalue weighted by Gasteiger charge is 2.19. The highest BCUT2D eigenvalue weighted by molar-refractivity contribution is 9.10. The van der Waals surface area contributed by atoms with Gasteiger partial charge in [-0.15, -0.1) is 16.7 Å². The van der Waals surface area contributed by atoms with Crippen LogP contribution < -0.4 is 0 Å². The van der Waals surface area contributed by atoms with Crippen LogP contribution in [0, 0.1) is 12.3 Å². The Kier molecular flexibility index (Phi) is 5.16. The van der Waals surface area contributed by atoms with Crippen molar-refractivity contribution in [3.05, 3.63) is 58.6 Å². The summed E-state index contributed by atoms with van der Waals surface area (Å²) in [6.07, 6.45) is 3.93. The van der Waals surface area contributed by atoms with Gasteiger partial charge in [-0.1, -0.05) is 52.2 Å². The third kappa shape index (κ3) is 3.38. The Hall–Kier alpha value is -2.95. The quantitative estimate of drug-likeness (QED) is 0.500. The standard InChI is InChI=1S/C19H14BrN3O3/c1-2-10-23-15-9-8-13(20)11-14(15)16(19(23)26)21-22-18(25)17(24)12-6-4-3-5-7-12/h1,3-9,11,17,24,26H,10H2. The zero-order valence-corrected chi connectivity index (χ0v) is 15.1. The second-order valence-electron chi connectivity index (χ2n) is 5.48. The van der Waals surface area contributed by atoms with E-state index in [-0.39, 0.29) is 18.1 Å². The van der Waals surface area contributed by atoms with E-state index < -0.39 is 12.0 Å². The number of fused-ring (bicyclic) bond motifs is 1. The molecule has 1 heterocycles. The van der Waals surface area contributed by atoms with E-state index in [0.717, 1.165) is 4.47 Å². The summed E-state index contributed by atoms with van der Waals surface area (Å²) in [4.78, 5) is 12.1. The number of carbonyl (C=O) groups is 1. The third-order valence-corrected chi connectivity index (χ3v) is 4.31. The molecule has 0 bridgehead atoms. The largest absolute Gasteiger partial charge is 0.493 e. The molecule has 2 N–H and O–H groups in total. The normalized spacial score (nSPS) is 12.3. The van der Waals surface area contributed by atoms with Gasteiger partial charge < -0.3 is 10.2 Å². The molecule has 1 aromatic heterocycles. The minimum atomic E-state index is -1.42. The summed E-state index contributed by atoms with van der Waals surface area (Å²) in [7, 11) is 0. The molecule has 3 rings (SSSR count). The molecule has 0 saturated heterocycles. The number of aliphatic hydroxyl groups is 1. The van der Waals surface area contributed by atoms with Crippen LogP contribution in [-0.4, -0.2) is 20.7 Å². The van der Waals surface area contributed by atoms with Gasteiger partial charge in [0.2, 0.25) is 5.88 Å². The molecule has 0 aliphatic carbocycles. The maximum absolute atomic E-state index is 12.1. The molecule has 1 unspecified atom stereocenters. The number of rotatable bonds is 4. The van der Waals surface area contributed by atoms with Crippen molar-refractivity contribution in [2.45, 2.75) is 12.6 Å². The summed E-state index contributed by atoms with van der Waals surface area (Å²) < 4.78 is 2.27. The van der Waals surface area contributed by atoms with E-state index in [1.54, 1.807) is 48.5 Å². The lowest BCUT2D eigenvalue weighted by atomic mass is 10.1. The maximum Gasteiger partial charge on any atom is 0.297 e. The predicted molar refractivity (Wildman–Crippen MR) is 101 cm³/mol. The fraction of sp³-hybridized carbons (Fsp3) is 0.105. The van der Waals surface area contributed by atoms with E-state index in [1.807, 2.05) is 0 Å².